The minimum absolute atomic E-state index is 0.131. The molecule has 7 nitrogen and oxygen atoms in total. The summed E-state index contributed by atoms with van der Waals surface area (Å²) in [6.07, 6.45) is 2.49. The number of ether oxygens (including phenoxy) is 1. The predicted molar refractivity (Wildman–Crippen MR) is 101 cm³/mol. The lowest BCUT2D eigenvalue weighted by Gasteiger charge is -2.40. The molecule has 0 bridgehead atoms. The van der Waals surface area contributed by atoms with Crippen LogP contribution in [-0.2, 0) is 4.74 Å². The molecule has 3 saturated heterocycles. The Kier molecular flexibility index (Phi) is 6.77. The molecular formula is C19H36N4O3. The number of aliphatic hydroxyl groups is 1. The smallest absolute Gasteiger partial charge is 0.410 e. The summed E-state index contributed by atoms with van der Waals surface area (Å²) in [5.74, 6) is 0. The molecule has 26 heavy (non-hydrogen) atoms. The van der Waals surface area contributed by atoms with E-state index in [1.165, 1.54) is 0 Å². The average molecular weight is 369 g/mol. The third kappa shape index (κ3) is 4.68. The summed E-state index contributed by atoms with van der Waals surface area (Å²) in [6, 6.07) is 0.396. The number of piperidine rings is 1. The molecule has 0 unspecified atom stereocenters. The first kappa shape index (κ1) is 19.9. The fourth-order valence-electron chi connectivity index (χ4n) is 4.46. The van der Waals surface area contributed by atoms with E-state index in [0.29, 0.717) is 6.04 Å². The largest absolute Gasteiger partial charge is 0.441 e. The van der Waals surface area contributed by atoms with Crippen LogP contribution in [0.2, 0.25) is 0 Å². The molecule has 0 aromatic rings. The van der Waals surface area contributed by atoms with Crippen LogP contribution in [0.1, 0.15) is 33.1 Å². The minimum atomic E-state index is -0.284. The van der Waals surface area contributed by atoms with Crippen LogP contribution < -0.4 is 0 Å². The highest BCUT2D eigenvalue weighted by Gasteiger charge is 2.47. The van der Waals surface area contributed by atoms with Crippen molar-refractivity contribution in [2.24, 2.45) is 0 Å². The molecule has 3 fully saturated rings. The third-order valence-corrected chi connectivity index (χ3v) is 6.52. The molecule has 1 amide bonds. The number of hydrogen-bond acceptors (Lipinski definition) is 6. The standard InChI is InChI=1S/C19H36N4O3/c1-3-20-9-11-21(12-10-20)13-14-23-16-19(26-18(23)25)5-7-22(8-6-19)17(2)4-15-24/h17,24H,3-16H2,1-2H3/t17-/m0/s1. The van der Waals surface area contributed by atoms with Gasteiger partial charge in [0.05, 0.1) is 6.54 Å². The van der Waals surface area contributed by atoms with E-state index in [-0.39, 0.29) is 18.3 Å². The third-order valence-electron chi connectivity index (χ3n) is 6.52. The highest BCUT2D eigenvalue weighted by Crippen LogP contribution is 2.33. The lowest BCUT2D eigenvalue weighted by Crippen LogP contribution is -2.50. The topological polar surface area (TPSA) is 59.5 Å². The average Bonchev–Trinajstić information content (AvgIpc) is 2.96. The van der Waals surface area contributed by atoms with Crippen molar-refractivity contribution < 1.29 is 14.6 Å². The number of amides is 1. The number of hydrogen-bond donors (Lipinski definition) is 1. The zero-order valence-electron chi connectivity index (χ0n) is 16.5. The fraction of sp³-hybridized carbons (Fsp3) is 0.947. The van der Waals surface area contributed by atoms with E-state index in [4.69, 9.17) is 9.84 Å². The molecule has 0 aliphatic carbocycles. The molecule has 1 atom stereocenters. The van der Waals surface area contributed by atoms with Gasteiger partial charge in [-0.25, -0.2) is 4.79 Å². The zero-order valence-corrected chi connectivity index (χ0v) is 16.5. The molecule has 3 heterocycles. The van der Waals surface area contributed by atoms with Crippen molar-refractivity contribution in [2.75, 3.05) is 72.1 Å². The Morgan fingerprint density at radius 2 is 1.73 bits per heavy atom. The normalized spacial score (nSPS) is 26.4. The first-order valence-electron chi connectivity index (χ1n) is 10.3. The first-order valence-corrected chi connectivity index (χ1v) is 10.3. The molecular weight excluding hydrogens is 332 g/mol. The van der Waals surface area contributed by atoms with Crippen molar-refractivity contribution in [3.05, 3.63) is 0 Å². The molecule has 1 N–H and O–H groups in total. The quantitative estimate of drug-likeness (QED) is 0.713. The maximum atomic E-state index is 12.4. The number of piperazine rings is 1. The minimum Gasteiger partial charge on any atom is -0.441 e. The molecule has 3 aliphatic heterocycles. The van der Waals surface area contributed by atoms with Crippen molar-refractivity contribution in [1.29, 1.82) is 0 Å². The second-order valence-electron chi connectivity index (χ2n) is 8.15. The van der Waals surface area contributed by atoms with Gasteiger partial charge in [-0.1, -0.05) is 6.92 Å². The van der Waals surface area contributed by atoms with Crippen molar-refractivity contribution >= 4 is 6.09 Å². The van der Waals surface area contributed by atoms with Crippen molar-refractivity contribution in [3.63, 3.8) is 0 Å². The van der Waals surface area contributed by atoms with Gasteiger partial charge < -0.3 is 24.5 Å². The molecule has 150 valence electrons. The van der Waals surface area contributed by atoms with Gasteiger partial charge in [0.25, 0.3) is 0 Å². The number of nitrogens with zero attached hydrogens (tertiary/aromatic N) is 4. The van der Waals surface area contributed by atoms with E-state index < -0.39 is 0 Å². The van der Waals surface area contributed by atoms with Crippen LogP contribution in [-0.4, -0.2) is 114 Å². The van der Waals surface area contributed by atoms with Crippen LogP contribution in [0.4, 0.5) is 4.79 Å². The molecule has 0 saturated carbocycles. The number of rotatable bonds is 7. The molecule has 3 aliphatic rings. The van der Waals surface area contributed by atoms with Crippen molar-refractivity contribution in [2.45, 2.75) is 44.8 Å². The van der Waals surface area contributed by atoms with Crippen molar-refractivity contribution in [1.82, 2.24) is 19.6 Å². The van der Waals surface area contributed by atoms with E-state index in [1.54, 1.807) is 0 Å². The Hall–Kier alpha value is -0.890. The van der Waals surface area contributed by atoms with Gasteiger partial charge >= 0.3 is 6.09 Å². The number of aliphatic hydroxyl groups excluding tert-OH is 1. The van der Waals surface area contributed by atoms with Crippen LogP contribution in [0, 0.1) is 0 Å². The monoisotopic (exact) mass is 368 g/mol. The van der Waals surface area contributed by atoms with E-state index in [9.17, 15) is 4.79 Å². The van der Waals surface area contributed by atoms with E-state index in [2.05, 4.69) is 28.5 Å². The lowest BCUT2D eigenvalue weighted by atomic mass is 9.90. The highest BCUT2D eigenvalue weighted by molar-refractivity contribution is 5.70. The lowest BCUT2D eigenvalue weighted by molar-refractivity contribution is -0.0105. The highest BCUT2D eigenvalue weighted by atomic mass is 16.6. The van der Waals surface area contributed by atoms with Crippen molar-refractivity contribution in [3.8, 4) is 0 Å². The summed E-state index contributed by atoms with van der Waals surface area (Å²) in [4.78, 5) is 21.6. The Labute approximate surface area is 157 Å². The molecule has 0 aromatic heterocycles. The van der Waals surface area contributed by atoms with Gasteiger partial charge in [-0.05, 0) is 19.9 Å². The zero-order chi connectivity index (χ0) is 18.6. The summed E-state index contributed by atoms with van der Waals surface area (Å²) in [5.41, 5.74) is -0.284. The Bertz CT molecular complexity index is 460. The number of likely N-dealkylation sites (tertiary alicyclic amines) is 1. The summed E-state index contributed by atoms with van der Waals surface area (Å²) < 4.78 is 5.85. The second-order valence-corrected chi connectivity index (χ2v) is 8.15. The van der Waals surface area contributed by atoms with E-state index in [1.807, 2.05) is 4.90 Å². The molecule has 0 radical (unpaired) electrons. The van der Waals surface area contributed by atoms with Gasteiger partial charge in [0, 0.05) is 77.8 Å². The number of carbonyl (C=O) groups is 1. The molecule has 3 rings (SSSR count). The SMILES string of the molecule is CCN1CCN(CCN2CC3(CCN([C@@H](C)CCO)CC3)OC2=O)CC1. The Morgan fingerprint density at radius 3 is 2.35 bits per heavy atom. The van der Waals surface area contributed by atoms with Gasteiger partial charge in [-0.15, -0.1) is 0 Å². The van der Waals surface area contributed by atoms with Crippen LogP contribution in [0.5, 0.6) is 0 Å². The summed E-state index contributed by atoms with van der Waals surface area (Å²) in [6.45, 7) is 14.6. The predicted octanol–water partition coefficient (Wildman–Crippen LogP) is 0.682. The number of likely N-dealkylation sites (N-methyl/N-ethyl adjacent to an activating group) is 1. The fourth-order valence-corrected chi connectivity index (χ4v) is 4.46. The van der Waals surface area contributed by atoms with Gasteiger partial charge in [0.1, 0.15) is 5.60 Å². The summed E-state index contributed by atoms with van der Waals surface area (Å²) in [5, 5.41) is 9.13. The number of carbonyl (C=O) groups excluding carboxylic acids is 1. The van der Waals surface area contributed by atoms with Crippen LogP contribution >= 0.6 is 0 Å². The Morgan fingerprint density at radius 1 is 1.08 bits per heavy atom. The van der Waals surface area contributed by atoms with E-state index >= 15 is 0 Å². The van der Waals surface area contributed by atoms with Gasteiger partial charge in [0.15, 0.2) is 0 Å². The van der Waals surface area contributed by atoms with Crippen LogP contribution in [0.25, 0.3) is 0 Å². The summed E-state index contributed by atoms with van der Waals surface area (Å²) in [7, 11) is 0. The van der Waals surface area contributed by atoms with E-state index in [0.717, 1.165) is 84.7 Å². The van der Waals surface area contributed by atoms with Crippen LogP contribution in [0.15, 0.2) is 0 Å². The molecule has 1 spiro atoms. The first-order chi connectivity index (χ1) is 12.5. The van der Waals surface area contributed by atoms with Gasteiger partial charge in [-0.3, -0.25) is 4.90 Å². The molecule has 0 aromatic carbocycles. The Balaban J connectivity index is 1.43. The summed E-state index contributed by atoms with van der Waals surface area (Å²) >= 11 is 0. The van der Waals surface area contributed by atoms with Gasteiger partial charge in [0.2, 0.25) is 0 Å². The molecule has 7 heteroatoms. The second kappa shape index (κ2) is 8.87. The maximum absolute atomic E-state index is 12.4. The van der Waals surface area contributed by atoms with Gasteiger partial charge in [-0.2, -0.15) is 0 Å². The maximum Gasteiger partial charge on any atom is 0.410 e. The van der Waals surface area contributed by atoms with Crippen LogP contribution in [0.3, 0.4) is 0 Å².